The van der Waals surface area contributed by atoms with Gasteiger partial charge in [0, 0.05) is 18.4 Å². The second-order valence-electron chi connectivity index (χ2n) is 3.37. The van der Waals surface area contributed by atoms with Gasteiger partial charge in [0.1, 0.15) is 0 Å². The lowest BCUT2D eigenvalue weighted by atomic mass is 10.1. The van der Waals surface area contributed by atoms with E-state index in [0.29, 0.717) is 6.04 Å². The number of hydrogen-bond acceptors (Lipinski definition) is 2. The minimum absolute atomic E-state index is 0.638. The smallest absolute Gasteiger partial charge is 0.0562 e. The van der Waals surface area contributed by atoms with Gasteiger partial charge in [-0.15, -0.1) is 0 Å². The van der Waals surface area contributed by atoms with E-state index in [2.05, 4.69) is 10.4 Å². The van der Waals surface area contributed by atoms with Crippen LogP contribution in [0.25, 0.3) is 0 Å². The Balaban J connectivity index is 1.86. The van der Waals surface area contributed by atoms with Crippen molar-refractivity contribution in [3.8, 4) is 0 Å². The molecule has 2 rings (SSSR count). The van der Waals surface area contributed by atoms with Crippen LogP contribution in [0, 0.1) is 0 Å². The third kappa shape index (κ3) is 1.85. The lowest BCUT2D eigenvalue weighted by Gasteiger charge is -2.23. The number of piperidine rings is 1. The van der Waals surface area contributed by atoms with Gasteiger partial charge in [0.2, 0.25) is 0 Å². The molecule has 0 amide bonds. The molecule has 1 aromatic heterocycles. The van der Waals surface area contributed by atoms with E-state index in [-0.39, 0.29) is 0 Å². The molecule has 2 heterocycles. The molecule has 1 saturated heterocycles. The average molecular weight is 165 g/mol. The van der Waals surface area contributed by atoms with Crippen LogP contribution in [0.5, 0.6) is 0 Å². The Hall–Kier alpha value is -0.830. The predicted molar refractivity (Wildman–Crippen MR) is 47.9 cm³/mol. The van der Waals surface area contributed by atoms with E-state index in [4.69, 9.17) is 0 Å². The molecule has 1 N–H and O–H groups in total. The molecule has 1 aromatic rings. The Morgan fingerprint density at radius 2 is 2.50 bits per heavy atom. The number of aromatic nitrogens is 2. The molecule has 0 aliphatic carbocycles. The molecule has 1 aliphatic rings. The van der Waals surface area contributed by atoms with Gasteiger partial charge in [-0.05, 0) is 25.5 Å². The van der Waals surface area contributed by atoms with E-state index >= 15 is 0 Å². The molecule has 3 heteroatoms. The van der Waals surface area contributed by atoms with Crippen LogP contribution in [0.3, 0.4) is 0 Å². The summed E-state index contributed by atoms with van der Waals surface area (Å²) in [5, 5.41) is 7.68. The average Bonchev–Trinajstić information content (AvgIpc) is 2.59. The van der Waals surface area contributed by atoms with Crippen molar-refractivity contribution in [2.45, 2.75) is 31.8 Å². The van der Waals surface area contributed by atoms with E-state index < -0.39 is 0 Å². The van der Waals surface area contributed by atoms with Crippen LogP contribution >= 0.6 is 0 Å². The van der Waals surface area contributed by atoms with Gasteiger partial charge in [-0.2, -0.15) is 5.10 Å². The van der Waals surface area contributed by atoms with E-state index in [1.807, 2.05) is 23.1 Å². The first kappa shape index (κ1) is 7.80. The first-order valence-corrected chi connectivity index (χ1v) is 4.66. The maximum Gasteiger partial charge on any atom is 0.0562 e. The third-order valence-electron chi connectivity index (χ3n) is 2.38. The third-order valence-corrected chi connectivity index (χ3v) is 2.38. The maximum atomic E-state index is 4.19. The summed E-state index contributed by atoms with van der Waals surface area (Å²) in [5.74, 6) is 0. The number of hydrogen-bond donors (Lipinski definition) is 1. The molecule has 1 fully saturated rings. The van der Waals surface area contributed by atoms with Gasteiger partial charge in [-0.1, -0.05) is 6.42 Å². The summed E-state index contributed by atoms with van der Waals surface area (Å²) in [6.07, 6.45) is 7.84. The van der Waals surface area contributed by atoms with Crippen LogP contribution < -0.4 is 5.32 Å². The Bertz CT molecular complexity index is 212. The van der Waals surface area contributed by atoms with Crippen molar-refractivity contribution in [1.29, 1.82) is 0 Å². The topological polar surface area (TPSA) is 29.9 Å². The molecular formula is C9H15N3. The Morgan fingerprint density at radius 3 is 3.17 bits per heavy atom. The lowest BCUT2D eigenvalue weighted by molar-refractivity contribution is 0.351. The van der Waals surface area contributed by atoms with Crippen molar-refractivity contribution in [3.05, 3.63) is 18.5 Å². The minimum Gasteiger partial charge on any atom is -0.312 e. The summed E-state index contributed by atoms with van der Waals surface area (Å²) < 4.78 is 2.00. The SMILES string of the molecule is c1cnn(C[C@@H]2CCCCN2)c1. The number of nitrogens with zero attached hydrogens (tertiary/aromatic N) is 2. The quantitative estimate of drug-likeness (QED) is 0.709. The van der Waals surface area contributed by atoms with Crippen molar-refractivity contribution in [2.24, 2.45) is 0 Å². The summed E-state index contributed by atoms with van der Waals surface area (Å²) >= 11 is 0. The van der Waals surface area contributed by atoms with Crippen molar-refractivity contribution in [2.75, 3.05) is 6.54 Å². The molecule has 0 aromatic carbocycles. The molecule has 0 unspecified atom stereocenters. The fraction of sp³-hybridized carbons (Fsp3) is 0.667. The molecule has 0 radical (unpaired) electrons. The van der Waals surface area contributed by atoms with Crippen LogP contribution in [0.4, 0.5) is 0 Å². The van der Waals surface area contributed by atoms with Crippen molar-refractivity contribution < 1.29 is 0 Å². The van der Waals surface area contributed by atoms with Crippen molar-refractivity contribution >= 4 is 0 Å². The fourth-order valence-corrected chi connectivity index (χ4v) is 1.71. The molecule has 3 nitrogen and oxygen atoms in total. The molecule has 0 saturated carbocycles. The van der Waals surface area contributed by atoms with Gasteiger partial charge >= 0.3 is 0 Å². The molecular weight excluding hydrogens is 150 g/mol. The van der Waals surface area contributed by atoms with Crippen LogP contribution in [-0.4, -0.2) is 22.4 Å². The largest absolute Gasteiger partial charge is 0.312 e. The van der Waals surface area contributed by atoms with Gasteiger partial charge in [-0.3, -0.25) is 4.68 Å². The fourth-order valence-electron chi connectivity index (χ4n) is 1.71. The Labute approximate surface area is 72.8 Å². The molecule has 1 aliphatic heterocycles. The normalized spacial score (nSPS) is 24.2. The number of rotatable bonds is 2. The van der Waals surface area contributed by atoms with Gasteiger partial charge in [0.05, 0.1) is 6.54 Å². The van der Waals surface area contributed by atoms with Crippen molar-refractivity contribution in [3.63, 3.8) is 0 Å². The van der Waals surface area contributed by atoms with Crippen LogP contribution in [-0.2, 0) is 6.54 Å². The number of nitrogens with one attached hydrogen (secondary N) is 1. The Morgan fingerprint density at radius 1 is 1.50 bits per heavy atom. The predicted octanol–water partition coefficient (Wildman–Crippen LogP) is 1.03. The Kier molecular flexibility index (Phi) is 2.42. The first-order valence-electron chi connectivity index (χ1n) is 4.66. The molecule has 12 heavy (non-hydrogen) atoms. The maximum absolute atomic E-state index is 4.19. The van der Waals surface area contributed by atoms with Gasteiger partial charge in [0.15, 0.2) is 0 Å². The van der Waals surface area contributed by atoms with Crippen LogP contribution in [0.15, 0.2) is 18.5 Å². The summed E-state index contributed by atoms with van der Waals surface area (Å²) in [5.41, 5.74) is 0. The van der Waals surface area contributed by atoms with Crippen LogP contribution in [0.1, 0.15) is 19.3 Å². The first-order chi connectivity index (χ1) is 5.95. The zero-order valence-corrected chi connectivity index (χ0v) is 7.24. The lowest BCUT2D eigenvalue weighted by Crippen LogP contribution is -2.37. The highest BCUT2D eigenvalue weighted by atomic mass is 15.3. The highest BCUT2D eigenvalue weighted by Crippen LogP contribution is 2.08. The zero-order chi connectivity index (χ0) is 8.23. The van der Waals surface area contributed by atoms with Gasteiger partial charge in [0.25, 0.3) is 0 Å². The van der Waals surface area contributed by atoms with E-state index in [9.17, 15) is 0 Å². The molecule has 0 spiro atoms. The second kappa shape index (κ2) is 3.72. The minimum atomic E-state index is 0.638. The zero-order valence-electron chi connectivity index (χ0n) is 7.24. The van der Waals surface area contributed by atoms with Crippen LogP contribution in [0.2, 0.25) is 0 Å². The second-order valence-corrected chi connectivity index (χ2v) is 3.37. The highest BCUT2D eigenvalue weighted by Gasteiger charge is 2.12. The molecule has 66 valence electrons. The summed E-state index contributed by atoms with van der Waals surface area (Å²) in [7, 11) is 0. The highest BCUT2D eigenvalue weighted by molar-refractivity contribution is 4.80. The standard InChI is InChI=1S/C9H15N3/c1-2-5-10-9(4-1)8-12-7-3-6-11-12/h3,6-7,9-10H,1-2,4-5,8H2/t9-/m0/s1. The van der Waals surface area contributed by atoms with E-state index in [0.717, 1.165) is 6.54 Å². The summed E-state index contributed by atoms with van der Waals surface area (Å²) in [4.78, 5) is 0. The summed E-state index contributed by atoms with van der Waals surface area (Å²) in [6, 6.07) is 2.61. The molecule has 1 atom stereocenters. The monoisotopic (exact) mass is 165 g/mol. The van der Waals surface area contributed by atoms with E-state index in [1.54, 1.807) is 0 Å². The van der Waals surface area contributed by atoms with Gasteiger partial charge < -0.3 is 5.32 Å². The van der Waals surface area contributed by atoms with Crippen molar-refractivity contribution in [1.82, 2.24) is 15.1 Å². The molecule has 0 bridgehead atoms. The van der Waals surface area contributed by atoms with Gasteiger partial charge in [-0.25, -0.2) is 0 Å². The summed E-state index contributed by atoms with van der Waals surface area (Å²) in [6.45, 7) is 2.19. The van der Waals surface area contributed by atoms with E-state index in [1.165, 1.54) is 25.8 Å².